The molecular weight excluding hydrogens is 418 g/mol. The number of hydrogen-bond donors (Lipinski definition) is 2. The molecule has 0 radical (unpaired) electrons. The monoisotopic (exact) mass is 436 g/mol. The molecule has 0 saturated heterocycles. The number of para-hydroxylation sites is 1. The molecule has 11 heteroatoms. The van der Waals surface area contributed by atoms with Crippen LogP contribution in [0.1, 0.15) is 12.2 Å². The fourth-order valence-corrected chi connectivity index (χ4v) is 3.78. The van der Waals surface area contributed by atoms with E-state index < -0.39 is 32.5 Å². The van der Waals surface area contributed by atoms with E-state index in [0.717, 1.165) is 6.07 Å². The summed E-state index contributed by atoms with van der Waals surface area (Å²) in [4.78, 5) is 32.1. The average molecular weight is 436 g/mol. The van der Waals surface area contributed by atoms with E-state index in [-0.39, 0.29) is 30.9 Å². The van der Waals surface area contributed by atoms with Gasteiger partial charge in [-0.3, -0.25) is 9.59 Å². The lowest BCUT2D eigenvalue weighted by molar-refractivity contribution is -0.130. The van der Waals surface area contributed by atoms with Crippen molar-refractivity contribution in [1.82, 2.24) is 19.6 Å². The van der Waals surface area contributed by atoms with E-state index >= 15 is 0 Å². The van der Waals surface area contributed by atoms with Gasteiger partial charge >= 0.3 is 0 Å². The third-order valence-electron chi connectivity index (χ3n) is 4.31. The number of rotatable bonds is 7. The molecule has 0 spiro atoms. The number of carbonyl (C=O) groups excluding carboxylic acids is 1. The number of H-pyrrole nitrogens is 1. The number of fused-ring (bicyclic) bond motifs is 1. The van der Waals surface area contributed by atoms with Gasteiger partial charge in [0, 0.05) is 20.0 Å². The van der Waals surface area contributed by atoms with Crippen molar-refractivity contribution in [2.24, 2.45) is 0 Å². The van der Waals surface area contributed by atoms with E-state index in [1.54, 1.807) is 24.3 Å². The third-order valence-corrected chi connectivity index (χ3v) is 5.77. The number of aromatic nitrogens is 2. The molecule has 1 amide bonds. The molecular formula is C19H18F2N4O4S. The molecule has 1 heterocycles. The summed E-state index contributed by atoms with van der Waals surface area (Å²) in [6.45, 7) is -0.221. The Morgan fingerprint density at radius 1 is 1.17 bits per heavy atom. The van der Waals surface area contributed by atoms with Gasteiger partial charge in [-0.1, -0.05) is 12.1 Å². The van der Waals surface area contributed by atoms with Crippen LogP contribution in [0, 0.1) is 11.6 Å². The van der Waals surface area contributed by atoms with E-state index in [4.69, 9.17) is 0 Å². The molecule has 0 bridgehead atoms. The Labute approximate surface area is 170 Å². The van der Waals surface area contributed by atoms with Gasteiger partial charge in [-0.25, -0.2) is 26.9 Å². The average Bonchev–Trinajstić information content (AvgIpc) is 2.69. The first-order valence-corrected chi connectivity index (χ1v) is 10.3. The van der Waals surface area contributed by atoms with Crippen molar-refractivity contribution in [2.45, 2.75) is 17.9 Å². The lowest BCUT2D eigenvalue weighted by atomic mass is 10.2. The summed E-state index contributed by atoms with van der Waals surface area (Å²) in [6, 6.07) is 8.98. The summed E-state index contributed by atoms with van der Waals surface area (Å²) in [5, 5.41) is 0.432. The SMILES string of the molecule is CN(Cc1nc2ccccc2c(=O)[nH]1)C(=O)CCNS(=O)(=O)c1ccc(F)c(F)c1. The number of aromatic amines is 1. The summed E-state index contributed by atoms with van der Waals surface area (Å²) in [6.07, 6.45) is -0.183. The zero-order valence-corrected chi connectivity index (χ0v) is 16.7. The smallest absolute Gasteiger partial charge is 0.258 e. The molecule has 0 saturated carbocycles. The van der Waals surface area contributed by atoms with Crippen LogP contribution in [0.3, 0.4) is 0 Å². The molecule has 3 rings (SSSR count). The van der Waals surface area contributed by atoms with Gasteiger partial charge in [-0.05, 0) is 30.3 Å². The van der Waals surface area contributed by atoms with Gasteiger partial charge in [0.2, 0.25) is 15.9 Å². The number of nitrogens with one attached hydrogen (secondary N) is 2. The first-order chi connectivity index (χ1) is 14.2. The van der Waals surface area contributed by atoms with Crippen LogP contribution in [0.25, 0.3) is 10.9 Å². The Balaban J connectivity index is 1.59. The van der Waals surface area contributed by atoms with Gasteiger partial charge in [0.25, 0.3) is 5.56 Å². The summed E-state index contributed by atoms with van der Waals surface area (Å²) in [7, 11) is -2.61. The highest BCUT2D eigenvalue weighted by Gasteiger charge is 2.18. The molecule has 2 N–H and O–H groups in total. The second-order valence-electron chi connectivity index (χ2n) is 6.50. The van der Waals surface area contributed by atoms with E-state index in [0.29, 0.717) is 23.0 Å². The van der Waals surface area contributed by atoms with Gasteiger partial charge in [0.1, 0.15) is 5.82 Å². The molecule has 1 aromatic heterocycles. The highest BCUT2D eigenvalue weighted by Crippen LogP contribution is 2.13. The maximum atomic E-state index is 13.2. The highest BCUT2D eigenvalue weighted by molar-refractivity contribution is 7.89. The van der Waals surface area contributed by atoms with E-state index in [1.807, 2.05) is 0 Å². The molecule has 0 fully saturated rings. The Hall–Kier alpha value is -3.18. The highest BCUT2D eigenvalue weighted by atomic mass is 32.2. The molecule has 3 aromatic rings. The molecule has 2 aromatic carbocycles. The van der Waals surface area contributed by atoms with E-state index in [2.05, 4.69) is 14.7 Å². The van der Waals surface area contributed by atoms with Crippen molar-refractivity contribution < 1.29 is 22.0 Å². The lowest BCUT2D eigenvalue weighted by Gasteiger charge is -2.17. The predicted octanol–water partition coefficient (Wildman–Crippen LogP) is 1.53. The minimum Gasteiger partial charge on any atom is -0.338 e. The molecule has 0 unspecified atom stereocenters. The number of nitrogens with zero attached hydrogens (tertiary/aromatic N) is 2. The number of sulfonamides is 1. The Kier molecular flexibility index (Phi) is 6.22. The normalized spacial score (nSPS) is 11.6. The molecule has 158 valence electrons. The lowest BCUT2D eigenvalue weighted by Crippen LogP contribution is -2.32. The maximum absolute atomic E-state index is 13.2. The number of benzene rings is 2. The number of halogens is 2. The van der Waals surface area contributed by atoms with Crippen molar-refractivity contribution in [2.75, 3.05) is 13.6 Å². The largest absolute Gasteiger partial charge is 0.338 e. The Morgan fingerprint density at radius 3 is 2.63 bits per heavy atom. The minimum atomic E-state index is -4.10. The molecule has 30 heavy (non-hydrogen) atoms. The van der Waals surface area contributed by atoms with Crippen molar-refractivity contribution in [3.63, 3.8) is 0 Å². The van der Waals surface area contributed by atoms with Crippen molar-refractivity contribution in [3.8, 4) is 0 Å². The topological polar surface area (TPSA) is 112 Å². The van der Waals surface area contributed by atoms with Crippen LogP contribution < -0.4 is 10.3 Å². The van der Waals surface area contributed by atoms with Gasteiger partial charge in [0.15, 0.2) is 11.6 Å². The van der Waals surface area contributed by atoms with Crippen LogP contribution in [0.4, 0.5) is 8.78 Å². The minimum absolute atomic E-state index is 0.0226. The van der Waals surface area contributed by atoms with Gasteiger partial charge in [-0.2, -0.15) is 0 Å². The Bertz CT molecular complexity index is 1260. The van der Waals surface area contributed by atoms with Crippen LogP contribution >= 0.6 is 0 Å². The predicted molar refractivity (Wildman–Crippen MR) is 105 cm³/mol. The number of amides is 1. The third kappa shape index (κ3) is 4.86. The van der Waals surface area contributed by atoms with Crippen molar-refractivity contribution >= 4 is 26.8 Å². The zero-order valence-electron chi connectivity index (χ0n) is 15.9. The van der Waals surface area contributed by atoms with Crippen molar-refractivity contribution in [1.29, 1.82) is 0 Å². The fraction of sp³-hybridized carbons (Fsp3) is 0.211. The molecule has 0 aliphatic heterocycles. The molecule has 0 atom stereocenters. The van der Waals surface area contributed by atoms with Gasteiger partial charge < -0.3 is 9.88 Å². The van der Waals surface area contributed by atoms with Crippen molar-refractivity contribution in [3.05, 3.63) is 70.3 Å². The first kappa shape index (κ1) is 21.5. The standard InChI is InChI=1S/C19H18F2N4O4S/c1-25(11-17-23-16-5-3-2-4-13(16)19(27)24-17)18(26)8-9-22-30(28,29)12-6-7-14(20)15(21)10-12/h2-7,10,22H,8-9,11H2,1H3,(H,23,24,27). The summed E-state index contributed by atoms with van der Waals surface area (Å²) in [5.41, 5.74) is 0.173. The zero-order chi connectivity index (χ0) is 21.9. The second-order valence-corrected chi connectivity index (χ2v) is 8.27. The Morgan fingerprint density at radius 2 is 1.90 bits per heavy atom. The summed E-state index contributed by atoms with van der Waals surface area (Å²) in [5.74, 6) is -2.56. The second kappa shape index (κ2) is 8.67. The van der Waals surface area contributed by atoms with Gasteiger partial charge in [0.05, 0.1) is 22.3 Å². The van der Waals surface area contributed by atoms with Gasteiger partial charge in [-0.15, -0.1) is 0 Å². The first-order valence-electron chi connectivity index (χ1n) is 8.84. The van der Waals surface area contributed by atoms with Crippen LogP contribution in [-0.2, 0) is 21.4 Å². The number of hydrogen-bond acceptors (Lipinski definition) is 5. The van der Waals surface area contributed by atoms with Crippen LogP contribution in [0.15, 0.2) is 52.2 Å². The molecule has 8 nitrogen and oxygen atoms in total. The quantitative estimate of drug-likeness (QED) is 0.583. The maximum Gasteiger partial charge on any atom is 0.258 e. The fourth-order valence-electron chi connectivity index (χ4n) is 2.73. The van der Waals surface area contributed by atoms with Crippen LogP contribution in [0.2, 0.25) is 0 Å². The van der Waals surface area contributed by atoms with E-state index in [1.165, 1.54) is 11.9 Å². The van der Waals surface area contributed by atoms with Crippen LogP contribution in [-0.4, -0.2) is 42.8 Å². The molecule has 0 aliphatic rings. The van der Waals surface area contributed by atoms with Crippen LogP contribution in [0.5, 0.6) is 0 Å². The number of carbonyl (C=O) groups is 1. The summed E-state index contributed by atoms with van der Waals surface area (Å²) >= 11 is 0. The summed E-state index contributed by atoms with van der Waals surface area (Å²) < 4.78 is 52.6. The van der Waals surface area contributed by atoms with E-state index in [9.17, 15) is 26.8 Å². The molecule has 0 aliphatic carbocycles.